The molecule has 0 atom stereocenters. The second-order valence-corrected chi connectivity index (χ2v) is 0. The Morgan fingerprint density at radius 1 is 0.333 bits per heavy atom. The first-order valence-electron chi connectivity index (χ1n) is 6.76. The van der Waals surface area contributed by atoms with E-state index in [4.69, 9.17) is 0 Å². The number of rotatable bonds is 0. The van der Waals surface area contributed by atoms with E-state index in [1.165, 1.54) is 12.8 Å². The Morgan fingerprint density at radius 2 is 0.333 bits per heavy atom. The van der Waals surface area contributed by atoms with Crippen LogP contribution in [0.4, 0.5) is 0 Å². The zero-order valence-electron chi connectivity index (χ0n) is 15.6. The van der Waals surface area contributed by atoms with E-state index in [0.717, 1.165) is 0 Å². The van der Waals surface area contributed by atoms with Crippen LogP contribution in [0.1, 0.15) is 91.5 Å². The molecule has 0 heterocycles. The molecule has 0 radical (unpaired) electrons. The summed E-state index contributed by atoms with van der Waals surface area (Å²) in [5.74, 6) is 0. The lowest BCUT2D eigenvalue weighted by atomic mass is 11.0. The maximum Gasteiger partial charge on any atom is 0.0108 e. The zero-order valence-corrected chi connectivity index (χ0v) is 17.1. The Hall–Kier alpha value is 0.0600. The van der Waals surface area contributed by atoms with E-state index in [1.807, 2.05) is 69.2 Å². The fourth-order valence-corrected chi connectivity index (χ4v) is 0. The first-order valence-corrected chi connectivity index (χ1v) is 8.27. The summed E-state index contributed by atoms with van der Waals surface area (Å²) in [7, 11) is 0. The van der Waals surface area contributed by atoms with Gasteiger partial charge in [-0.3, -0.25) is 0 Å². The average molecular weight is 356 g/mol. The first-order chi connectivity index (χ1) is 9.00. The second kappa shape index (κ2) is 2020000. The van der Waals surface area contributed by atoms with E-state index in [1.54, 1.807) is 0 Å². The Kier molecular flexibility index (Phi) is 9950000. The van der Waals surface area contributed by atoms with Crippen molar-refractivity contribution >= 4 is 23.2 Å². The largest absolute Gasteiger partial charge is 0.130 e. The molecule has 0 saturated carbocycles. The highest BCUT2D eigenvalue weighted by atomic mass is 35.5. The Morgan fingerprint density at radius 3 is 0.333 bits per heavy atom. The van der Waals surface area contributed by atoms with E-state index in [0.29, 0.717) is 0 Å². The fourth-order valence-electron chi connectivity index (χ4n) is 0. The molecule has 2 heteroatoms. The summed E-state index contributed by atoms with van der Waals surface area (Å²) in [6.07, 6.45) is 2.94. The molecule has 21 heavy (non-hydrogen) atoms. The van der Waals surface area contributed by atoms with E-state index in [-0.39, 0.29) is 22.3 Å². The molecular weight excluding hydrogens is 299 g/mol. The summed E-state index contributed by atoms with van der Waals surface area (Å²) >= 11 is 9.28. The van der Waals surface area contributed by atoms with Crippen LogP contribution in [-0.4, -0.2) is 12.8 Å². The zero-order chi connectivity index (χ0) is 18.0. The molecule has 0 aliphatic heterocycles. The van der Waals surface area contributed by atoms with Gasteiger partial charge >= 0.3 is 0 Å². The topological polar surface area (TPSA) is 0 Å². The monoisotopic (exact) mass is 354 g/mol. The molecule has 0 aliphatic rings. The Bertz CT molecular complexity index is 11.5. The summed E-state index contributed by atoms with van der Waals surface area (Å²) in [5, 5.41) is 0. The molecule has 0 aromatic rings. The highest BCUT2D eigenvalue weighted by molar-refractivity contribution is 6.15. The third-order valence-corrected chi connectivity index (χ3v) is 0. The third-order valence-electron chi connectivity index (χ3n) is 0. The lowest BCUT2D eigenvalue weighted by molar-refractivity contribution is 1.50. The summed E-state index contributed by atoms with van der Waals surface area (Å²) in [6, 6.07) is 0. The van der Waals surface area contributed by atoms with Crippen molar-refractivity contribution in [2.75, 3.05) is 12.8 Å². The average Bonchev–Trinajstić information content (AvgIpc) is 2.63. The summed E-state index contributed by atoms with van der Waals surface area (Å²) in [6.45, 7) is 32.0. The SMILES string of the molecule is C.C.C.C=C.C=C.CC.CC.CC.CC.CC.CCl.CCl. The van der Waals surface area contributed by atoms with Gasteiger partial charge in [0.25, 0.3) is 0 Å². The molecule has 0 unspecified atom stereocenters. The van der Waals surface area contributed by atoms with Crippen molar-refractivity contribution in [3.63, 3.8) is 0 Å². The van der Waals surface area contributed by atoms with Crippen molar-refractivity contribution in [3.8, 4) is 0 Å². The van der Waals surface area contributed by atoms with Crippen LogP contribution in [0, 0.1) is 0 Å². The Balaban J connectivity index is -0.00000000426. The van der Waals surface area contributed by atoms with Crippen LogP contribution in [0.25, 0.3) is 0 Å². The van der Waals surface area contributed by atoms with Crippen LogP contribution >= 0.6 is 23.2 Å². The van der Waals surface area contributed by atoms with Gasteiger partial charge in [0.2, 0.25) is 0 Å². The predicted octanol–water partition coefficient (Wildman–Crippen LogP) is 10.4. The first kappa shape index (κ1) is 103. The summed E-state index contributed by atoms with van der Waals surface area (Å²) in [5.41, 5.74) is 0. The molecule has 0 fully saturated rings. The maximum absolute atomic E-state index is 4.64. The molecule has 0 rings (SSSR count). The van der Waals surface area contributed by atoms with Crippen LogP contribution in [-0.2, 0) is 0 Å². The van der Waals surface area contributed by atoms with Gasteiger partial charge in [-0.15, -0.1) is 49.5 Å². The predicted molar refractivity (Wildman–Crippen MR) is 123 cm³/mol. The number of halogens is 2. The molecule has 0 N–H and O–H groups in total. The number of hydrogen-bond acceptors (Lipinski definition) is 0. The lowest BCUT2D eigenvalue weighted by Gasteiger charge is -1.07. The number of alkyl halides is 2. The minimum absolute atomic E-state index is 0. The van der Waals surface area contributed by atoms with Crippen LogP contribution < -0.4 is 0 Å². The minimum Gasteiger partial charge on any atom is -0.130 e. The fraction of sp³-hybridized carbons (Fsp3) is 0.789. The van der Waals surface area contributed by atoms with Gasteiger partial charge in [-0.2, -0.15) is 0 Å². The van der Waals surface area contributed by atoms with Crippen molar-refractivity contribution in [1.82, 2.24) is 0 Å². The van der Waals surface area contributed by atoms with Crippen molar-refractivity contribution in [1.29, 1.82) is 0 Å². The number of hydrogen-bond donors (Lipinski definition) is 0. The lowest BCUT2D eigenvalue weighted by Crippen LogP contribution is -0.856. The van der Waals surface area contributed by atoms with Gasteiger partial charge in [0.15, 0.2) is 0 Å². The molecule has 0 aromatic carbocycles. The molecule has 0 aromatic heterocycles. The second-order valence-electron chi connectivity index (χ2n) is 0. The molecule has 0 bridgehead atoms. The third kappa shape index (κ3) is 1820000. The van der Waals surface area contributed by atoms with E-state index in [2.05, 4.69) is 49.5 Å². The van der Waals surface area contributed by atoms with Gasteiger partial charge in [-0.25, -0.2) is 0 Å². The maximum atomic E-state index is 4.64. The van der Waals surface area contributed by atoms with Crippen LogP contribution in [0.5, 0.6) is 0 Å². The van der Waals surface area contributed by atoms with Crippen molar-refractivity contribution in [2.45, 2.75) is 91.5 Å². The quantitative estimate of drug-likeness (QED) is 0.299. The molecule has 0 spiro atoms. The summed E-state index contributed by atoms with van der Waals surface area (Å²) in [4.78, 5) is 0. The van der Waals surface area contributed by atoms with Gasteiger partial charge in [-0.1, -0.05) is 91.5 Å². The van der Waals surface area contributed by atoms with Gasteiger partial charge < -0.3 is 0 Å². The van der Waals surface area contributed by atoms with Crippen LogP contribution in [0.2, 0.25) is 0 Å². The Labute approximate surface area is 154 Å². The summed E-state index contributed by atoms with van der Waals surface area (Å²) < 4.78 is 0. The van der Waals surface area contributed by atoms with E-state index in [9.17, 15) is 0 Å². The minimum atomic E-state index is 0. The van der Waals surface area contributed by atoms with E-state index < -0.39 is 0 Å². The van der Waals surface area contributed by atoms with Gasteiger partial charge in [0.1, 0.15) is 0 Å². The normalized spacial score (nSPS) is 2.38. The van der Waals surface area contributed by atoms with Gasteiger partial charge in [-0.05, 0) is 0 Å². The van der Waals surface area contributed by atoms with Crippen molar-refractivity contribution in [2.24, 2.45) is 0 Å². The van der Waals surface area contributed by atoms with E-state index >= 15 is 0 Å². The van der Waals surface area contributed by atoms with Gasteiger partial charge in [0.05, 0.1) is 0 Å². The highest BCUT2D eigenvalue weighted by Gasteiger charge is 0.949. The van der Waals surface area contributed by atoms with Gasteiger partial charge in [0, 0.05) is 12.8 Å². The smallest absolute Gasteiger partial charge is 0.0108 e. The molecule has 0 saturated heterocycles. The van der Waals surface area contributed by atoms with Crippen LogP contribution in [0.3, 0.4) is 0 Å². The van der Waals surface area contributed by atoms with Crippen molar-refractivity contribution < 1.29 is 0 Å². The molecule has 146 valence electrons. The molecule has 0 nitrogen and oxygen atoms in total. The molecule has 0 aliphatic carbocycles. The highest BCUT2D eigenvalue weighted by Crippen LogP contribution is 1.34. The van der Waals surface area contributed by atoms with Crippen molar-refractivity contribution in [3.05, 3.63) is 26.3 Å². The van der Waals surface area contributed by atoms with Crippen LogP contribution in [0.15, 0.2) is 26.3 Å². The molecule has 0 amide bonds. The standard InChI is InChI=1S/5C2H6.2C2H4.2CH3Cl.3CH4/c9*1-2;;;/h5*1-2H3;2*1-2H2;2*1H3;3*1H4. The molecular formula is C19H56Cl2.